The molecule has 0 radical (unpaired) electrons. The lowest BCUT2D eigenvalue weighted by Crippen LogP contribution is -2.80. The van der Waals surface area contributed by atoms with Gasteiger partial charge in [0.15, 0.2) is 0 Å². The number of nitrogens with zero attached hydrogens (tertiary/aromatic N) is 3. The number of hydrogen-bond donors (Lipinski definition) is 0. The number of rotatable bonds is 4. The van der Waals surface area contributed by atoms with Crippen LogP contribution in [0.15, 0.2) is 85.1 Å². The minimum Gasteiger partial charge on any atom is -0.647 e. The third-order valence-electron chi connectivity index (χ3n) is 7.23. The first-order valence-corrected chi connectivity index (χ1v) is 11.7. The summed E-state index contributed by atoms with van der Waals surface area (Å²) < 4.78 is 23.0. The number of para-hydroxylation sites is 1. The summed E-state index contributed by atoms with van der Waals surface area (Å²) >= 11 is 0. The van der Waals surface area contributed by atoms with Crippen LogP contribution in [0.1, 0.15) is 5.56 Å². The van der Waals surface area contributed by atoms with Crippen LogP contribution in [0.3, 0.4) is 0 Å². The first-order valence-electron chi connectivity index (χ1n) is 11.7. The van der Waals surface area contributed by atoms with Crippen LogP contribution in [0.5, 0.6) is 5.75 Å². The average molecular weight is 439 g/mol. The molecule has 166 valence electrons. The summed E-state index contributed by atoms with van der Waals surface area (Å²) in [4.78, 5) is 4.88. The van der Waals surface area contributed by atoms with Gasteiger partial charge in [0.1, 0.15) is 17.8 Å². The zero-order valence-electron chi connectivity index (χ0n) is 18.8. The molecule has 0 spiro atoms. The van der Waals surface area contributed by atoms with Crippen molar-refractivity contribution in [3.05, 3.63) is 96.4 Å². The second kappa shape index (κ2) is 7.98. The van der Waals surface area contributed by atoms with Gasteiger partial charge in [0.2, 0.25) is 5.52 Å². The molecule has 2 aliphatic rings. The Labute approximate surface area is 193 Å². The molecule has 1 atom stereocenters. The van der Waals surface area contributed by atoms with Gasteiger partial charge in [-0.25, -0.2) is 4.39 Å². The van der Waals surface area contributed by atoms with Gasteiger partial charge in [0.25, 0.3) is 0 Å². The number of pyridine rings is 1. The van der Waals surface area contributed by atoms with Gasteiger partial charge in [-0.15, -0.1) is 0 Å². The van der Waals surface area contributed by atoms with Gasteiger partial charge in [0, 0.05) is 38.1 Å². The van der Waals surface area contributed by atoms with Crippen molar-refractivity contribution in [3.8, 4) is 5.75 Å². The third kappa shape index (κ3) is 3.41. The first kappa shape index (κ1) is 20.4. The molecule has 1 aromatic heterocycles. The van der Waals surface area contributed by atoms with E-state index in [2.05, 4.69) is 70.0 Å². The van der Waals surface area contributed by atoms with E-state index in [1.165, 1.54) is 17.7 Å². The molecule has 0 bridgehead atoms. The fourth-order valence-corrected chi connectivity index (χ4v) is 5.48. The smallest absolute Gasteiger partial charge is 0.513 e. The lowest BCUT2D eigenvalue weighted by Gasteiger charge is -2.34. The number of piperazine rings is 1. The van der Waals surface area contributed by atoms with Crippen LogP contribution < -0.4 is 20.1 Å². The summed E-state index contributed by atoms with van der Waals surface area (Å²) in [5, 5.41) is 1.13. The van der Waals surface area contributed by atoms with Gasteiger partial charge < -0.3 is 14.0 Å². The molecule has 6 rings (SSSR count). The molecule has 4 aromatic rings. The second-order valence-electron chi connectivity index (χ2n) is 9.35. The van der Waals surface area contributed by atoms with Crippen LogP contribution in [0.2, 0.25) is 0 Å². The SMILES string of the molecule is CN1CCN(Cc2cccc([B@@-]3(c4ccc(F)cc4)Oc4cccc5ccc[n+]3c45)c2)CC1. The quantitative estimate of drug-likeness (QED) is 0.456. The van der Waals surface area contributed by atoms with Crippen molar-refractivity contribution in [2.45, 2.75) is 6.54 Å². The molecular weight excluding hydrogens is 412 g/mol. The van der Waals surface area contributed by atoms with Crippen molar-refractivity contribution in [1.29, 1.82) is 0 Å². The Hall–Kier alpha value is -3.22. The Kier molecular flexibility index (Phi) is 4.93. The van der Waals surface area contributed by atoms with Crippen molar-refractivity contribution in [2.75, 3.05) is 33.2 Å². The summed E-state index contributed by atoms with van der Waals surface area (Å²) in [7, 11) is 2.18. The summed E-state index contributed by atoms with van der Waals surface area (Å²) in [5.41, 5.74) is 4.41. The van der Waals surface area contributed by atoms with E-state index < -0.39 is 6.48 Å². The average Bonchev–Trinajstić information content (AvgIpc) is 3.19. The molecule has 0 saturated carbocycles. The van der Waals surface area contributed by atoms with Crippen LogP contribution >= 0.6 is 0 Å². The lowest BCUT2D eigenvalue weighted by atomic mass is 9.41. The van der Waals surface area contributed by atoms with Crippen LogP contribution in [-0.2, 0) is 6.54 Å². The highest BCUT2D eigenvalue weighted by Gasteiger charge is 2.50. The molecule has 2 aliphatic heterocycles. The molecule has 1 fully saturated rings. The molecule has 1 saturated heterocycles. The summed E-state index contributed by atoms with van der Waals surface area (Å²) in [6, 6.07) is 25.9. The maximum atomic E-state index is 13.9. The Bertz CT molecular complexity index is 1320. The molecule has 0 unspecified atom stereocenters. The Morgan fingerprint density at radius 2 is 1.64 bits per heavy atom. The number of likely N-dealkylation sites (N-methyl/N-ethyl adjacent to an activating group) is 1. The van der Waals surface area contributed by atoms with Gasteiger partial charge in [0.05, 0.1) is 0 Å². The van der Waals surface area contributed by atoms with Crippen LogP contribution in [0.4, 0.5) is 4.39 Å². The highest BCUT2D eigenvalue weighted by Crippen LogP contribution is 2.30. The van der Waals surface area contributed by atoms with E-state index in [0.717, 1.165) is 60.3 Å². The maximum absolute atomic E-state index is 13.9. The van der Waals surface area contributed by atoms with Gasteiger partial charge in [-0.3, -0.25) is 4.90 Å². The van der Waals surface area contributed by atoms with Crippen molar-refractivity contribution >= 4 is 28.3 Å². The minimum atomic E-state index is -1.80. The van der Waals surface area contributed by atoms with Crippen molar-refractivity contribution < 1.29 is 13.5 Å². The number of hydrogen-bond acceptors (Lipinski definition) is 3. The highest BCUT2D eigenvalue weighted by molar-refractivity contribution is 6.92. The van der Waals surface area contributed by atoms with Gasteiger partial charge in [-0.1, -0.05) is 53.4 Å². The Balaban J connectivity index is 1.48. The monoisotopic (exact) mass is 439 g/mol. The van der Waals surface area contributed by atoms with Crippen molar-refractivity contribution in [1.82, 2.24) is 9.80 Å². The maximum Gasteiger partial charge on any atom is 0.513 e. The van der Waals surface area contributed by atoms with Gasteiger partial charge >= 0.3 is 6.48 Å². The predicted molar refractivity (Wildman–Crippen MR) is 131 cm³/mol. The number of halogens is 1. The Morgan fingerprint density at radius 1 is 0.879 bits per heavy atom. The first-order chi connectivity index (χ1) is 16.1. The zero-order valence-corrected chi connectivity index (χ0v) is 18.8. The van der Waals surface area contributed by atoms with E-state index in [9.17, 15) is 4.39 Å². The Morgan fingerprint density at radius 3 is 2.45 bits per heavy atom. The predicted octanol–water partition coefficient (Wildman–Crippen LogP) is 2.51. The van der Waals surface area contributed by atoms with E-state index in [1.54, 1.807) is 0 Å². The summed E-state index contributed by atoms with van der Waals surface area (Å²) in [5.74, 6) is 0.620. The number of aromatic nitrogens is 1. The van der Waals surface area contributed by atoms with E-state index >= 15 is 0 Å². The van der Waals surface area contributed by atoms with Crippen LogP contribution in [0, 0.1) is 5.82 Å². The van der Waals surface area contributed by atoms with Crippen molar-refractivity contribution in [2.24, 2.45) is 0 Å². The van der Waals surface area contributed by atoms with E-state index in [4.69, 9.17) is 4.65 Å². The van der Waals surface area contributed by atoms with E-state index in [0.29, 0.717) is 0 Å². The number of benzene rings is 3. The van der Waals surface area contributed by atoms with E-state index in [-0.39, 0.29) is 5.82 Å². The fourth-order valence-electron chi connectivity index (χ4n) is 5.48. The normalized spacial score (nSPS) is 20.8. The lowest BCUT2D eigenvalue weighted by molar-refractivity contribution is -0.515. The molecule has 0 aliphatic carbocycles. The largest absolute Gasteiger partial charge is 0.647 e. The van der Waals surface area contributed by atoms with Gasteiger partial charge in [-0.2, -0.15) is 0 Å². The molecular formula is C27H27BFN3O. The molecule has 6 heteroatoms. The highest BCUT2D eigenvalue weighted by atomic mass is 19.1. The third-order valence-corrected chi connectivity index (χ3v) is 7.23. The molecule has 0 N–H and O–H groups in total. The zero-order chi connectivity index (χ0) is 22.4. The van der Waals surface area contributed by atoms with Crippen LogP contribution in [0.25, 0.3) is 10.9 Å². The fraction of sp³-hybridized carbons (Fsp3) is 0.222. The standard InChI is InChI=1S/C27H27BFN3O/c1-30-15-17-31(18-16-30)20-21-5-2-8-24(19-21)28(23-10-12-25(29)13-11-23)32-14-4-7-22-6-3-9-26(33-28)27(22)32/h2-14,19H,15-18,20H2,1H3/t28-/m1/s1. The molecule has 33 heavy (non-hydrogen) atoms. The molecule has 3 aromatic carbocycles. The second-order valence-corrected chi connectivity index (χ2v) is 9.35. The molecule has 0 amide bonds. The molecule has 4 nitrogen and oxygen atoms in total. The summed E-state index contributed by atoms with van der Waals surface area (Å²) in [6.45, 7) is 3.46. The van der Waals surface area contributed by atoms with Crippen LogP contribution in [-0.4, -0.2) is 49.5 Å². The van der Waals surface area contributed by atoms with E-state index in [1.807, 2.05) is 24.3 Å². The molecule has 3 heterocycles. The topological polar surface area (TPSA) is 19.6 Å². The minimum absolute atomic E-state index is 0.243. The summed E-state index contributed by atoms with van der Waals surface area (Å²) in [6.07, 6.45) is 2.09. The van der Waals surface area contributed by atoms with Gasteiger partial charge in [-0.05, 0) is 49.0 Å². The van der Waals surface area contributed by atoms with Crippen molar-refractivity contribution in [3.63, 3.8) is 0 Å².